The lowest BCUT2D eigenvalue weighted by Crippen LogP contribution is -2.50. The van der Waals surface area contributed by atoms with E-state index in [1.54, 1.807) is 11.8 Å². The minimum atomic E-state index is -0.491. The van der Waals surface area contributed by atoms with Crippen molar-refractivity contribution in [2.45, 2.75) is 53.1 Å². The van der Waals surface area contributed by atoms with Crippen molar-refractivity contribution in [1.82, 2.24) is 9.88 Å². The zero-order chi connectivity index (χ0) is 18.1. The smallest absolute Gasteiger partial charge is 0.410 e. The Morgan fingerprint density at radius 3 is 2.42 bits per heavy atom. The van der Waals surface area contributed by atoms with Gasteiger partial charge < -0.3 is 14.4 Å². The second-order valence-corrected chi connectivity index (χ2v) is 7.13. The van der Waals surface area contributed by atoms with E-state index in [-0.39, 0.29) is 18.0 Å². The van der Waals surface area contributed by atoms with E-state index in [4.69, 9.17) is 9.47 Å². The van der Waals surface area contributed by atoms with Gasteiger partial charge in [0.2, 0.25) is 0 Å². The first-order chi connectivity index (χ1) is 11.1. The van der Waals surface area contributed by atoms with E-state index < -0.39 is 5.60 Å². The molecule has 0 aromatic carbocycles. The number of likely N-dealkylation sites (tertiary alicyclic amines) is 1. The summed E-state index contributed by atoms with van der Waals surface area (Å²) in [7, 11) is 0. The van der Waals surface area contributed by atoms with Gasteiger partial charge in [-0.1, -0.05) is 0 Å². The Kier molecular flexibility index (Phi) is 5.16. The second kappa shape index (κ2) is 6.79. The number of aromatic nitrogens is 1. The zero-order valence-electron chi connectivity index (χ0n) is 15.3. The predicted molar refractivity (Wildman–Crippen MR) is 90.2 cm³/mol. The van der Waals surface area contributed by atoms with Crippen molar-refractivity contribution in [2.24, 2.45) is 0 Å². The van der Waals surface area contributed by atoms with Gasteiger partial charge in [0.1, 0.15) is 5.60 Å². The summed E-state index contributed by atoms with van der Waals surface area (Å²) in [6.07, 6.45) is -0.296. The highest BCUT2D eigenvalue weighted by molar-refractivity contribution is 5.92. The fourth-order valence-corrected chi connectivity index (χ4v) is 2.72. The molecule has 1 aromatic rings. The summed E-state index contributed by atoms with van der Waals surface area (Å²) in [6, 6.07) is 1.91. The van der Waals surface area contributed by atoms with Gasteiger partial charge in [-0.15, -0.1) is 0 Å². The standard InChI is InChI=1S/C18H26N2O4/c1-7-23-16(21)15-11(2)8-14(19-12(15)3)13-9-20(10-13)17(22)24-18(4,5)6/h8,13H,7,9-10H2,1-6H3. The number of carbonyl (C=O) groups excluding carboxylic acids is 2. The van der Waals surface area contributed by atoms with Crippen LogP contribution < -0.4 is 0 Å². The van der Waals surface area contributed by atoms with Crippen molar-refractivity contribution in [3.05, 3.63) is 28.6 Å². The Bertz CT molecular complexity index is 620. The Balaban J connectivity index is 2.05. The maximum absolute atomic E-state index is 12.0. The van der Waals surface area contributed by atoms with Gasteiger partial charge in [-0.25, -0.2) is 9.59 Å². The monoisotopic (exact) mass is 334 g/mol. The van der Waals surface area contributed by atoms with Gasteiger partial charge in [0, 0.05) is 24.7 Å². The van der Waals surface area contributed by atoms with E-state index in [0.29, 0.717) is 31.0 Å². The highest BCUT2D eigenvalue weighted by Crippen LogP contribution is 2.29. The predicted octanol–water partition coefficient (Wildman–Crippen LogP) is 3.21. The van der Waals surface area contributed by atoms with Gasteiger partial charge in [-0.2, -0.15) is 0 Å². The average molecular weight is 334 g/mol. The third kappa shape index (κ3) is 4.04. The van der Waals surface area contributed by atoms with Crippen molar-refractivity contribution in [3.63, 3.8) is 0 Å². The number of amides is 1. The first kappa shape index (κ1) is 18.2. The molecule has 1 saturated heterocycles. The second-order valence-electron chi connectivity index (χ2n) is 7.13. The van der Waals surface area contributed by atoms with E-state index in [1.807, 2.05) is 40.7 Å². The van der Waals surface area contributed by atoms with Gasteiger partial charge in [0.05, 0.1) is 17.9 Å². The lowest BCUT2D eigenvalue weighted by molar-refractivity contribution is 0.00786. The quantitative estimate of drug-likeness (QED) is 0.794. The summed E-state index contributed by atoms with van der Waals surface area (Å²) in [5, 5.41) is 0. The number of hydrogen-bond acceptors (Lipinski definition) is 5. The Labute approximate surface area is 143 Å². The van der Waals surface area contributed by atoms with E-state index >= 15 is 0 Å². The van der Waals surface area contributed by atoms with Gasteiger partial charge in [-0.3, -0.25) is 4.98 Å². The molecule has 0 bridgehead atoms. The maximum Gasteiger partial charge on any atom is 0.410 e. The molecule has 0 atom stereocenters. The molecule has 24 heavy (non-hydrogen) atoms. The molecule has 1 fully saturated rings. The largest absolute Gasteiger partial charge is 0.462 e. The highest BCUT2D eigenvalue weighted by atomic mass is 16.6. The normalized spacial score (nSPS) is 15.0. The van der Waals surface area contributed by atoms with Crippen LogP contribution >= 0.6 is 0 Å². The molecule has 0 radical (unpaired) electrons. The fourth-order valence-electron chi connectivity index (χ4n) is 2.72. The van der Waals surface area contributed by atoms with Gasteiger partial charge in [0.25, 0.3) is 0 Å². The first-order valence-electron chi connectivity index (χ1n) is 8.25. The van der Waals surface area contributed by atoms with Crippen LogP contribution in [0.2, 0.25) is 0 Å². The van der Waals surface area contributed by atoms with Crippen molar-refractivity contribution in [1.29, 1.82) is 0 Å². The van der Waals surface area contributed by atoms with Crippen molar-refractivity contribution < 1.29 is 19.1 Å². The van der Waals surface area contributed by atoms with Crippen LogP contribution in [0.3, 0.4) is 0 Å². The van der Waals surface area contributed by atoms with Gasteiger partial charge in [-0.05, 0) is 53.2 Å². The summed E-state index contributed by atoms with van der Waals surface area (Å²) < 4.78 is 10.4. The SMILES string of the molecule is CCOC(=O)c1c(C)cc(C2CN(C(=O)OC(C)(C)C)C2)nc1C. The summed E-state index contributed by atoms with van der Waals surface area (Å²) in [4.78, 5) is 30.2. The van der Waals surface area contributed by atoms with Crippen molar-refractivity contribution >= 4 is 12.1 Å². The number of nitrogens with zero attached hydrogens (tertiary/aromatic N) is 2. The number of rotatable bonds is 3. The number of hydrogen-bond donors (Lipinski definition) is 0. The lowest BCUT2D eigenvalue weighted by Gasteiger charge is -2.39. The average Bonchev–Trinajstić information content (AvgIpc) is 2.33. The molecule has 132 valence electrons. The molecule has 2 rings (SSSR count). The van der Waals surface area contributed by atoms with Crippen molar-refractivity contribution in [2.75, 3.05) is 19.7 Å². The van der Waals surface area contributed by atoms with Crippen LogP contribution in [0.25, 0.3) is 0 Å². The molecule has 1 aromatic heterocycles. The molecule has 2 heterocycles. The number of esters is 1. The molecule has 1 amide bonds. The minimum Gasteiger partial charge on any atom is -0.462 e. The molecule has 1 aliphatic rings. The van der Waals surface area contributed by atoms with E-state index in [0.717, 1.165) is 11.3 Å². The van der Waals surface area contributed by atoms with Crippen LogP contribution in [0.5, 0.6) is 0 Å². The molecule has 6 nitrogen and oxygen atoms in total. The molecular formula is C18H26N2O4. The number of aryl methyl sites for hydroxylation is 2. The van der Waals surface area contributed by atoms with Crippen LogP contribution in [-0.2, 0) is 9.47 Å². The molecule has 0 saturated carbocycles. The molecular weight excluding hydrogens is 308 g/mol. The number of pyridine rings is 1. The maximum atomic E-state index is 12.0. The lowest BCUT2D eigenvalue weighted by atomic mass is 9.93. The van der Waals surface area contributed by atoms with Crippen molar-refractivity contribution in [3.8, 4) is 0 Å². The van der Waals surface area contributed by atoms with Crippen LogP contribution in [0.4, 0.5) is 4.79 Å². The third-order valence-electron chi connectivity index (χ3n) is 3.85. The Morgan fingerprint density at radius 1 is 1.29 bits per heavy atom. The van der Waals surface area contributed by atoms with Crippen LogP contribution in [0.1, 0.15) is 60.9 Å². The van der Waals surface area contributed by atoms with Crippen LogP contribution in [0, 0.1) is 13.8 Å². The summed E-state index contributed by atoms with van der Waals surface area (Å²) in [5.74, 6) is -0.165. The van der Waals surface area contributed by atoms with Gasteiger partial charge in [0.15, 0.2) is 0 Å². The molecule has 0 aliphatic carbocycles. The fraction of sp³-hybridized carbons (Fsp3) is 0.611. The van der Waals surface area contributed by atoms with E-state index in [9.17, 15) is 9.59 Å². The number of ether oxygens (including phenoxy) is 2. The highest BCUT2D eigenvalue weighted by Gasteiger charge is 2.35. The molecule has 0 N–H and O–H groups in total. The molecule has 0 unspecified atom stereocenters. The zero-order valence-corrected chi connectivity index (χ0v) is 15.3. The third-order valence-corrected chi connectivity index (χ3v) is 3.85. The van der Waals surface area contributed by atoms with Crippen LogP contribution in [-0.4, -0.2) is 47.2 Å². The van der Waals surface area contributed by atoms with Crippen LogP contribution in [0.15, 0.2) is 6.07 Å². The Hall–Kier alpha value is -2.11. The topological polar surface area (TPSA) is 68.7 Å². The Morgan fingerprint density at radius 2 is 1.92 bits per heavy atom. The first-order valence-corrected chi connectivity index (χ1v) is 8.25. The van der Waals surface area contributed by atoms with E-state index in [1.165, 1.54) is 0 Å². The summed E-state index contributed by atoms with van der Waals surface area (Å²) >= 11 is 0. The summed E-state index contributed by atoms with van der Waals surface area (Å²) in [5.41, 5.74) is 2.46. The van der Waals surface area contributed by atoms with E-state index in [2.05, 4.69) is 4.98 Å². The number of carbonyl (C=O) groups is 2. The van der Waals surface area contributed by atoms with Gasteiger partial charge >= 0.3 is 12.1 Å². The molecule has 1 aliphatic heterocycles. The summed E-state index contributed by atoms with van der Waals surface area (Å²) in [6.45, 7) is 12.5. The molecule has 0 spiro atoms. The minimum absolute atomic E-state index is 0.172. The molecule has 6 heteroatoms.